The van der Waals surface area contributed by atoms with E-state index in [4.69, 9.17) is 4.52 Å². The number of halogens is 1. The molecule has 8 heteroatoms. The normalized spacial score (nSPS) is 13.9. The highest BCUT2D eigenvalue weighted by atomic mass is 127. The molecule has 3 N–H and O–H groups in total. The number of aryl methyl sites for hydroxylation is 2. The van der Waals surface area contributed by atoms with Gasteiger partial charge >= 0.3 is 0 Å². The summed E-state index contributed by atoms with van der Waals surface area (Å²) in [6.07, 6.45) is 5.25. The van der Waals surface area contributed by atoms with Gasteiger partial charge in [-0.25, -0.2) is 4.99 Å². The maximum absolute atomic E-state index is 11.7. The highest BCUT2D eigenvalue weighted by Crippen LogP contribution is 2.18. The largest absolute Gasteiger partial charge is 0.361 e. The molecule has 0 aliphatic heterocycles. The van der Waals surface area contributed by atoms with E-state index in [2.05, 4.69) is 39.9 Å². The van der Waals surface area contributed by atoms with Gasteiger partial charge < -0.3 is 20.5 Å². The van der Waals surface area contributed by atoms with Crippen molar-refractivity contribution in [2.24, 2.45) is 4.99 Å². The average Bonchev–Trinajstić information content (AvgIpc) is 3.33. The molecule has 0 atom stereocenters. The van der Waals surface area contributed by atoms with Crippen LogP contribution in [0.3, 0.4) is 0 Å². The fourth-order valence-corrected chi connectivity index (χ4v) is 2.60. The third-order valence-corrected chi connectivity index (χ3v) is 4.16. The molecule has 26 heavy (non-hydrogen) atoms. The summed E-state index contributed by atoms with van der Waals surface area (Å²) in [6, 6.07) is 0.434. The first-order valence-corrected chi connectivity index (χ1v) is 9.45. The third kappa shape index (κ3) is 7.51. The Morgan fingerprint density at radius 2 is 2.00 bits per heavy atom. The molecule has 0 radical (unpaired) electrons. The van der Waals surface area contributed by atoms with Crippen molar-refractivity contribution in [3.8, 4) is 0 Å². The molecule has 1 amide bonds. The molecule has 1 heterocycles. The predicted octanol–water partition coefficient (Wildman–Crippen LogP) is 2.53. The zero-order valence-corrected chi connectivity index (χ0v) is 18.4. The van der Waals surface area contributed by atoms with Crippen LogP contribution >= 0.6 is 24.0 Å². The fourth-order valence-electron chi connectivity index (χ4n) is 2.60. The molecular formula is C18H32IN5O2. The predicted molar refractivity (Wildman–Crippen MR) is 114 cm³/mol. The van der Waals surface area contributed by atoms with Gasteiger partial charge in [0.1, 0.15) is 5.76 Å². The van der Waals surface area contributed by atoms with Gasteiger partial charge in [-0.15, -0.1) is 24.0 Å². The Balaban J connectivity index is 0.00000338. The minimum Gasteiger partial charge on any atom is -0.361 e. The summed E-state index contributed by atoms with van der Waals surface area (Å²) in [5.74, 6) is 1.82. The van der Waals surface area contributed by atoms with E-state index in [1.54, 1.807) is 0 Å². The van der Waals surface area contributed by atoms with Gasteiger partial charge in [0.15, 0.2) is 5.96 Å². The van der Waals surface area contributed by atoms with Crippen molar-refractivity contribution in [1.29, 1.82) is 0 Å². The van der Waals surface area contributed by atoms with E-state index in [-0.39, 0.29) is 29.9 Å². The van der Waals surface area contributed by atoms with Crippen LogP contribution in [0.1, 0.15) is 63.5 Å². The lowest BCUT2D eigenvalue weighted by atomic mass is 10.1. The number of nitrogens with zero attached hydrogens (tertiary/aromatic N) is 2. The summed E-state index contributed by atoms with van der Waals surface area (Å²) in [5.41, 5.74) is 2.07. The fraction of sp³-hybridized carbons (Fsp3) is 0.722. The maximum Gasteiger partial charge on any atom is 0.220 e. The quantitative estimate of drug-likeness (QED) is 0.209. The lowest BCUT2D eigenvalue weighted by molar-refractivity contribution is -0.121. The van der Waals surface area contributed by atoms with Gasteiger partial charge in [-0.05, 0) is 32.6 Å². The summed E-state index contributed by atoms with van der Waals surface area (Å²) in [4.78, 5) is 16.3. The van der Waals surface area contributed by atoms with Crippen LogP contribution in [0, 0.1) is 0 Å². The molecule has 1 aliphatic carbocycles. The molecule has 1 saturated carbocycles. The van der Waals surface area contributed by atoms with Gasteiger partial charge in [0.25, 0.3) is 0 Å². The highest BCUT2D eigenvalue weighted by Gasteiger charge is 2.22. The van der Waals surface area contributed by atoms with Crippen molar-refractivity contribution >= 4 is 35.8 Å². The molecule has 0 spiro atoms. The van der Waals surface area contributed by atoms with Gasteiger partial charge in [-0.2, -0.15) is 0 Å². The van der Waals surface area contributed by atoms with Gasteiger partial charge in [-0.3, -0.25) is 4.79 Å². The van der Waals surface area contributed by atoms with E-state index in [1.807, 2.05) is 6.92 Å². The molecule has 0 unspecified atom stereocenters. The van der Waals surface area contributed by atoms with E-state index in [0.29, 0.717) is 19.0 Å². The van der Waals surface area contributed by atoms with Gasteiger partial charge in [0.2, 0.25) is 5.91 Å². The van der Waals surface area contributed by atoms with Crippen molar-refractivity contribution in [2.75, 3.05) is 13.1 Å². The monoisotopic (exact) mass is 477 g/mol. The molecule has 0 saturated heterocycles. The van der Waals surface area contributed by atoms with Crippen LogP contribution in [0.4, 0.5) is 0 Å². The van der Waals surface area contributed by atoms with E-state index in [9.17, 15) is 4.79 Å². The van der Waals surface area contributed by atoms with Gasteiger partial charge in [0.05, 0.1) is 12.2 Å². The zero-order chi connectivity index (χ0) is 18.1. The Bertz CT molecular complexity index is 563. The van der Waals surface area contributed by atoms with Crippen LogP contribution in [-0.4, -0.2) is 36.2 Å². The summed E-state index contributed by atoms with van der Waals surface area (Å²) in [6.45, 7) is 8.22. The van der Waals surface area contributed by atoms with Crippen LogP contribution in [0.15, 0.2) is 9.52 Å². The average molecular weight is 477 g/mol. The lowest BCUT2D eigenvalue weighted by Gasteiger charge is -2.11. The number of hydrogen-bond donors (Lipinski definition) is 3. The molecule has 1 aromatic heterocycles. The smallest absolute Gasteiger partial charge is 0.220 e. The standard InChI is InChI=1S/C18H31N5O2.HI/c1-4-15-14(16(5-2)25-23-15)12-21-18(19-6-3)20-11-7-8-17(24)22-13-9-10-13;/h13H,4-12H2,1-3H3,(H,22,24)(H2,19,20,21);1H. The number of nitrogens with one attached hydrogen (secondary N) is 3. The van der Waals surface area contributed by atoms with Crippen LogP contribution in [-0.2, 0) is 24.2 Å². The maximum atomic E-state index is 11.7. The molecule has 0 bridgehead atoms. The topological polar surface area (TPSA) is 91.6 Å². The van der Waals surface area contributed by atoms with Crippen LogP contribution in [0.5, 0.6) is 0 Å². The molecular weight excluding hydrogens is 445 g/mol. The molecule has 1 aromatic rings. The van der Waals surface area contributed by atoms with Gasteiger partial charge in [-0.1, -0.05) is 19.0 Å². The van der Waals surface area contributed by atoms with Crippen molar-refractivity contribution in [3.05, 3.63) is 17.0 Å². The van der Waals surface area contributed by atoms with Crippen LogP contribution in [0.2, 0.25) is 0 Å². The number of carbonyl (C=O) groups is 1. The molecule has 148 valence electrons. The van der Waals surface area contributed by atoms with Crippen LogP contribution in [0.25, 0.3) is 0 Å². The number of carbonyl (C=O) groups excluding carboxylic acids is 1. The number of aliphatic imine (C=N–C) groups is 1. The number of amides is 1. The SMILES string of the molecule is CCNC(=NCc1c(CC)noc1CC)NCCCC(=O)NC1CC1.I. The minimum atomic E-state index is 0. The summed E-state index contributed by atoms with van der Waals surface area (Å²) >= 11 is 0. The molecule has 1 fully saturated rings. The van der Waals surface area contributed by atoms with E-state index >= 15 is 0 Å². The lowest BCUT2D eigenvalue weighted by Crippen LogP contribution is -2.38. The Labute approximate surface area is 173 Å². The second-order valence-corrected chi connectivity index (χ2v) is 6.31. The molecule has 0 aromatic carbocycles. The Kier molecular flexibility index (Phi) is 10.6. The van der Waals surface area contributed by atoms with Crippen molar-refractivity contribution in [2.45, 2.75) is 71.9 Å². The molecule has 2 rings (SSSR count). The molecule has 7 nitrogen and oxygen atoms in total. The Morgan fingerprint density at radius 3 is 2.62 bits per heavy atom. The summed E-state index contributed by atoms with van der Waals surface area (Å²) < 4.78 is 5.39. The van der Waals surface area contributed by atoms with E-state index < -0.39 is 0 Å². The Morgan fingerprint density at radius 1 is 1.23 bits per heavy atom. The van der Waals surface area contributed by atoms with Crippen molar-refractivity contribution in [1.82, 2.24) is 21.1 Å². The first-order valence-electron chi connectivity index (χ1n) is 9.45. The highest BCUT2D eigenvalue weighted by molar-refractivity contribution is 14.0. The second-order valence-electron chi connectivity index (χ2n) is 6.31. The van der Waals surface area contributed by atoms with Gasteiger partial charge in [0, 0.05) is 37.5 Å². The third-order valence-electron chi connectivity index (χ3n) is 4.16. The van der Waals surface area contributed by atoms with Crippen molar-refractivity contribution < 1.29 is 9.32 Å². The van der Waals surface area contributed by atoms with Crippen LogP contribution < -0.4 is 16.0 Å². The summed E-state index contributed by atoms with van der Waals surface area (Å²) in [5, 5.41) is 13.7. The zero-order valence-electron chi connectivity index (χ0n) is 16.1. The number of rotatable bonds is 10. The number of aromatic nitrogens is 1. The van der Waals surface area contributed by atoms with E-state index in [1.165, 1.54) is 0 Å². The first-order chi connectivity index (χ1) is 12.2. The minimum absolute atomic E-state index is 0. The second kappa shape index (κ2) is 12.1. The number of hydrogen-bond acceptors (Lipinski definition) is 4. The number of guanidine groups is 1. The van der Waals surface area contributed by atoms with E-state index in [0.717, 1.165) is 68.2 Å². The first kappa shape index (κ1) is 22.7. The Hall–Kier alpha value is -1.32. The summed E-state index contributed by atoms with van der Waals surface area (Å²) in [7, 11) is 0. The molecule has 1 aliphatic rings. The van der Waals surface area contributed by atoms with Crippen molar-refractivity contribution in [3.63, 3.8) is 0 Å².